The molecule has 0 aromatic heterocycles. The van der Waals surface area contributed by atoms with Gasteiger partial charge in [0.05, 0.1) is 15.9 Å². The van der Waals surface area contributed by atoms with E-state index in [9.17, 15) is 20.2 Å². The largest absolute Gasteiger partial charge is 0.487 e. The molecule has 0 spiro atoms. The van der Waals surface area contributed by atoms with Crippen molar-refractivity contribution in [2.75, 3.05) is 0 Å². The number of thiocarbonyl (C=S) groups is 2. The van der Waals surface area contributed by atoms with Gasteiger partial charge in [-0.25, -0.2) is 0 Å². The molecule has 12 heteroatoms. The number of nitro groups is 2. The van der Waals surface area contributed by atoms with Gasteiger partial charge < -0.3 is 21.3 Å². The number of nitrogens with zero attached hydrogens (tertiary/aromatic N) is 2. The molecule has 10 nitrogen and oxygen atoms in total. The minimum Gasteiger partial charge on any atom is -0.487 e. The zero-order valence-electron chi connectivity index (χ0n) is 15.0. The number of hydrogen-bond acceptors (Lipinski definition) is 7. The van der Waals surface area contributed by atoms with Gasteiger partial charge in [-0.1, -0.05) is 40.5 Å². The first kappa shape index (κ1) is 28.2. The average Bonchev–Trinajstić information content (AvgIpc) is 2.47. The molecular formula is C14H24N4O6S2. The zero-order chi connectivity index (χ0) is 21.3. The van der Waals surface area contributed by atoms with Crippen LogP contribution in [0.15, 0.2) is 18.2 Å². The first-order chi connectivity index (χ1) is 12.0. The smallest absolute Gasteiger partial charge is 0.318 e. The summed E-state index contributed by atoms with van der Waals surface area (Å²) >= 11 is 8.28. The maximum absolute atomic E-state index is 10.6. The summed E-state index contributed by atoms with van der Waals surface area (Å²) in [6, 6.07) is 2.89. The lowest BCUT2D eigenvalue weighted by Crippen LogP contribution is -2.16. The van der Waals surface area contributed by atoms with Gasteiger partial charge in [-0.2, -0.15) is 0 Å². The molecule has 0 aliphatic carbocycles. The van der Waals surface area contributed by atoms with E-state index in [2.05, 4.69) is 62.6 Å². The fourth-order valence-electron chi connectivity index (χ4n) is 0.957. The van der Waals surface area contributed by atoms with Crippen molar-refractivity contribution >= 4 is 46.2 Å². The van der Waals surface area contributed by atoms with Crippen LogP contribution in [0.5, 0.6) is 5.75 Å². The van der Waals surface area contributed by atoms with Gasteiger partial charge >= 0.3 is 5.69 Å². The molecule has 1 rings (SSSR count). The van der Waals surface area contributed by atoms with Crippen LogP contribution in [0.2, 0.25) is 0 Å². The number of nitro benzene ring substituents is 2. The Labute approximate surface area is 162 Å². The second kappa shape index (κ2) is 17.2. The summed E-state index contributed by atoms with van der Waals surface area (Å²) in [6.07, 6.45) is 2.50. The number of nitrogens with two attached hydrogens (primary N) is 2. The average molecular weight is 409 g/mol. The molecule has 1 aromatic rings. The van der Waals surface area contributed by atoms with Gasteiger partial charge in [0, 0.05) is 6.07 Å². The van der Waals surface area contributed by atoms with Crippen molar-refractivity contribution in [2.45, 2.75) is 40.5 Å². The molecule has 0 bridgehead atoms. The zero-order valence-corrected chi connectivity index (χ0v) is 16.6. The Balaban J connectivity index is -0.000000439. The molecular weight excluding hydrogens is 384 g/mol. The van der Waals surface area contributed by atoms with Gasteiger partial charge in [-0.15, -0.1) is 0 Å². The van der Waals surface area contributed by atoms with E-state index >= 15 is 0 Å². The van der Waals surface area contributed by atoms with Gasteiger partial charge in [0.15, 0.2) is 0 Å². The van der Waals surface area contributed by atoms with Gasteiger partial charge in [0.25, 0.3) is 16.0 Å². The van der Waals surface area contributed by atoms with Crippen LogP contribution in [0.1, 0.15) is 40.5 Å². The van der Waals surface area contributed by atoms with Crippen LogP contribution < -0.4 is 16.2 Å². The molecule has 1 aromatic carbocycles. The van der Waals surface area contributed by atoms with E-state index in [-0.39, 0.29) is 5.75 Å². The van der Waals surface area contributed by atoms with E-state index in [1.165, 1.54) is 12.8 Å². The van der Waals surface area contributed by atoms with E-state index in [0.29, 0.717) is 0 Å². The van der Waals surface area contributed by atoms with Crippen molar-refractivity contribution in [1.29, 1.82) is 0 Å². The lowest BCUT2D eigenvalue weighted by atomic mass is 10.2. The van der Waals surface area contributed by atoms with Crippen molar-refractivity contribution in [2.24, 2.45) is 11.5 Å². The van der Waals surface area contributed by atoms with Crippen LogP contribution in [0.3, 0.4) is 0 Å². The lowest BCUT2D eigenvalue weighted by molar-refractivity contribution is -0.394. The van der Waals surface area contributed by atoms with Crippen LogP contribution in [0.25, 0.3) is 0 Å². The molecule has 0 saturated carbocycles. The number of benzene rings is 1. The molecule has 5 N–H and O–H groups in total. The molecule has 0 fully saturated rings. The predicted octanol–water partition coefficient (Wildman–Crippen LogP) is 3.75. The van der Waals surface area contributed by atoms with Gasteiger partial charge in [0.2, 0.25) is 5.75 Å². The quantitative estimate of drug-likeness (QED) is 0.380. The third-order valence-corrected chi connectivity index (χ3v) is 1.64. The summed E-state index contributed by atoms with van der Waals surface area (Å²) < 4.78 is 4.69. The Kier molecular flexibility index (Phi) is 18.7. The highest BCUT2D eigenvalue weighted by molar-refractivity contribution is 7.80. The highest BCUT2D eigenvalue weighted by Crippen LogP contribution is 2.30. The van der Waals surface area contributed by atoms with Crippen molar-refractivity contribution in [3.05, 3.63) is 38.4 Å². The number of ether oxygens (including phenoxy) is 1. The minimum absolute atomic E-state index is 0.233. The number of aliphatic hydroxyl groups excluding tert-OH is 1. The Morgan fingerprint density at radius 2 is 1.46 bits per heavy atom. The van der Waals surface area contributed by atoms with Crippen LogP contribution in [-0.4, -0.2) is 25.3 Å². The van der Waals surface area contributed by atoms with E-state index < -0.39 is 31.6 Å². The predicted molar refractivity (Wildman–Crippen MR) is 109 cm³/mol. The molecule has 26 heavy (non-hydrogen) atoms. The first-order valence-electron chi connectivity index (χ1n) is 7.36. The summed E-state index contributed by atoms with van der Waals surface area (Å²) in [5.41, 5.74) is 8.46. The third-order valence-electron chi connectivity index (χ3n) is 1.56. The molecule has 0 amide bonds. The third kappa shape index (κ3) is 17.7. The maximum atomic E-state index is 10.6. The van der Waals surface area contributed by atoms with Gasteiger partial charge in [-0.3, -0.25) is 20.2 Å². The van der Waals surface area contributed by atoms with E-state index in [1.54, 1.807) is 0 Å². The van der Waals surface area contributed by atoms with Crippen LogP contribution in [-0.2, 0) is 0 Å². The Bertz CT molecular complexity index is 593. The van der Waals surface area contributed by atoms with Gasteiger partial charge in [0.1, 0.15) is 0 Å². The highest BCUT2D eigenvalue weighted by Gasteiger charge is 2.21. The minimum atomic E-state index is -0.819. The standard InChI is InChI=1S/C7H5N3O5S.2C3H8.CH3NOS/c8-7(16)15-6-2-1-4(9(11)12)3-5(6)10(13)14;2*1-3-2;2-1(3)4/h1-3H,(H2,8,16);2*3H2,1-2H3;(H3,2,3,4). The molecule has 148 valence electrons. The molecule has 0 aliphatic rings. The maximum Gasteiger partial charge on any atom is 0.318 e. The van der Waals surface area contributed by atoms with E-state index in [1.807, 2.05) is 0 Å². The number of non-ortho nitro benzene ring substituents is 1. The molecule has 0 heterocycles. The number of rotatable bonds is 3. The van der Waals surface area contributed by atoms with Crippen LogP contribution >= 0.6 is 24.4 Å². The summed E-state index contributed by atoms with van der Waals surface area (Å²) in [7, 11) is 0. The second-order valence-corrected chi connectivity index (χ2v) is 5.16. The first-order valence-corrected chi connectivity index (χ1v) is 8.18. The summed E-state index contributed by atoms with van der Waals surface area (Å²) in [5, 5.41) is 27.7. The second-order valence-electron chi connectivity index (χ2n) is 4.34. The molecule has 0 unspecified atom stereocenters. The summed E-state index contributed by atoms with van der Waals surface area (Å²) in [6.45, 7) is 8.50. The Hall–Kier alpha value is -2.60. The van der Waals surface area contributed by atoms with Gasteiger partial charge in [-0.05, 0) is 30.5 Å². The van der Waals surface area contributed by atoms with E-state index in [4.69, 9.17) is 10.8 Å². The highest BCUT2D eigenvalue weighted by atomic mass is 32.1. The fraction of sp³-hybridized carbons (Fsp3) is 0.429. The number of hydrogen-bond donors (Lipinski definition) is 3. The number of aliphatic hydroxyl groups is 1. The molecule has 0 radical (unpaired) electrons. The Morgan fingerprint density at radius 1 is 1.08 bits per heavy atom. The fourth-order valence-corrected chi connectivity index (χ4v) is 1.05. The molecule has 0 aliphatic heterocycles. The topological polar surface area (TPSA) is 168 Å². The van der Waals surface area contributed by atoms with Crippen molar-refractivity contribution in [3.63, 3.8) is 0 Å². The summed E-state index contributed by atoms with van der Waals surface area (Å²) in [5.74, 6) is -0.233. The van der Waals surface area contributed by atoms with Crippen molar-refractivity contribution in [3.8, 4) is 5.75 Å². The summed E-state index contributed by atoms with van der Waals surface area (Å²) in [4.78, 5) is 19.4. The lowest BCUT2D eigenvalue weighted by Gasteiger charge is -2.02. The molecule has 0 atom stereocenters. The monoisotopic (exact) mass is 408 g/mol. The SMILES string of the molecule is CCC.CCC.NC(=S)Oc1ccc([N+](=O)[O-])cc1[N+](=O)[O-].NC(O)=S. The Morgan fingerprint density at radius 3 is 1.73 bits per heavy atom. The molecule has 0 saturated heterocycles. The van der Waals surface area contributed by atoms with Crippen LogP contribution in [0.4, 0.5) is 11.4 Å². The van der Waals surface area contributed by atoms with E-state index in [0.717, 1.165) is 18.2 Å². The van der Waals surface area contributed by atoms with Crippen LogP contribution in [0, 0.1) is 20.2 Å². The van der Waals surface area contributed by atoms with Crippen molar-refractivity contribution in [1.82, 2.24) is 0 Å². The normalized spacial score (nSPS) is 8.15. The van der Waals surface area contributed by atoms with Crippen molar-refractivity contribution < 1.29 is 19.7 Å².